The molecule has 9 nitrogen and oxygen atoms in total. The van der Waals surface area contributed by atoms with Crippen LogP contribution in [-0.2, 0) is 21.7 Å². The number of aliphatic hydroxyl groups is 1. The van der Waals surface area contributed by atoms with Crippen molar-refractivity contribution in [3.05, 3.63) is 132 Å². The van der Waals surface area contributed by atoms with E-state index in [1.165, 1.54) is 5.19 Å². The first-order valence-electron chi connectivity index (χ1n) is 18.4. The van der Waals surface area contributed by atoms with Crippen LogP contribution in [0.25, 0.3) is 0 Å². The van der Waals surface area contributed by atoms with Crippen LogP contribution in [0.4, 0.5) is 17.1 Å². The molecule has 0 saturated carbocycles. The molecular weight excluding hydrogens is 697 g/mol. The third-order valence-electron chi connectivity index (χ3n) is 11.6. The fourth-order valence-electron chi connectivity index (χ4n) is 8.97. The number of ether oxygens (including phenoxy) is 4. The van der Waals surface area contributed by atoms with Crippen molar-refractivity contribution in [1.82, 2.24) is 0 Å². The van der Waals surface area contributed by atoms with Crippen molar-refractivity contribution in [2.75, 3.05) is 30.6 Å². The van der Waals surface area contributed by atoms with E-state index in [0.29, 0.717) is 47.2 Å². The second-order valence-corrected chi connectivity index (χ2v) is 19.5. The molecule has 3 aliphatic heterocycles. The summed E-state index contributed by atoms with van der Waals surface area (Å²) in [7, 11) is 0.962. The Bertz CT molecular complexity index is 2220. The number of aliphatic hydroxyl groups excluding tert-OH is 1. The predicted molar refractivity (Wildman–Crippen MR) is 211 cm³/mol. The number of rotatable bonds is 9. The maximum absolute atomic E-state index is 15.1. The molecule has 1 saturated heterocycles. The molecule has 4 atom stereocenters. The number of para-hydroxylation sites is 3. The molecule has 0 radical (unpaired) electrons. The van der Waals surface area contributed by atoms with E-state index in [2.05, 4.69) is 32.2 Å². The van der Waals surface area contributed by atoms with Gasteiger partial charge in [0.2, 0.25) is 0 Å². The average molecular weight is 741 g/mol. The van der Waals surface area contributed by atoms with E-state index in [1.807, 2.05) is 95.9 Å². The second kappa shape index (κ2) is 13.8. The predicted octanol–water partition coefficient (Wildman–Crippen LogP) is 7.93. The molecule has 1 fully saturated rings. The van der Waals surface area contributed by atoms with Gasteiger partial charge in [0.25, 0.3) is 11.8 Å². The van der Waals surface area contributed by atoms with Crippen LogP contribution in [0.5, 0.6) is 23.0 Å². The molecule has 276 valence electrons. The van der Waals surface area contributed by atoms with E-state index in [0.717, 1.165) is 22.6 Å². The van der Waals surface area contributed by atoms with Gasteiger partial charge in [0.05, 0.1) is 51.9 Å². The van der Waals surface area contributed by atoms with E-state index >= 15 is 4.79 Å². The molecule has 54 heavy (non-hydrogen) atoms. The molecule has 1 spiro atoms. The lowest BCUT2D eigenvalue weighted by Gasteiger charge is -2.37. The number of anilines is 3. The third kappa shape index (κ3) is 5.59. The highest BCUT2D eigenvalue weighted by atomic mass is 28.3. The number of hydrogen-bond acceptors (Lipinski definition) is 7. The molecule has 3 aliphatic rings. The van der Waals surface area contributed by atoms with Gasteiger partial charge < -0.3 is 29.0 Å². The number of fused-ring (bicyclic) bond motifs is 4. The van der Waals surface area contributed by atoms with Crippen molar-refractivity contribution < 1.29 is 33.6 Å². The number of hydrogen-bond donors (Lipinski definition) is 1. The molecule has 0 bridgehead atoms. The number of carbonyl (C=O) groups is 2. The topological polar surface area (TPSA) is 97.8 Å². The number of methoxy groups -OCH3 is 2. The molecule has 0 aliphatic carbocycles. The standard InChI is InChI=1S/C44H44N2O7Si/c1-28-41(54(4,5)33-21-18-31(50-2)19-22-33)40(24-25-47)53-44(28)35-26-32(51-3)20-23-36(35)45(43(44)49)27-29-14-16-30(17-15-29)46-37-11-7-9-13-39(37)52-38-12-8-6-10-34(38)42(46)48/h6-23,26,28,40-41,47H,24-25,27H2,1-5H3/t28-,40+,41-,44+/m0/s1. The van der Waals surface area contributed by atoms with Crippen molar-refractivity contribution in [3.8, 4) is 23.0 Å². The zero-order valence-electron chi connectivity index (χ0n) is 31.1. The fourth-order valence-corrected chi connectivity index (χ4v) is 13.0. The van der Waals surface area contributed by atoms with Crippen molar-refractivity contribution in [1.29, 1.82) is 0 Å². The molecule has 2 amide bonds. The van der Waals surface area contributed by atoms with Crippen LogP contribution in [0.15, 0.2) is 115 Å². The lowest BCUT2D eigenvalue weighted by atomic mass is 9.82. The molecule has 5 aromatic carbocycles. The maximum Gasteiger partial charge on any atom is 0.266 e. The van der Waals surface area contributed by atoms with Gasteiger partial charge >= 0.3 is 0 Å². The highest BCUT2D eigenvalue weighted by Gasteiger charge is 2.66. The Morgan fingerprint density at radius 1 is 0.796 bits per heavy atom. The van der Waals surface area contributed by atoms with Crippen LogP contribution >= 0.6 is 0 Å². The number of benzene rings is 5. The van der Waals surface area contributed by atoms with Gasteiger partial charge in [-0.15, -0.1) is 0 Å². The summed E-state index contributed by atoms with van der Waals surface area (Å²) in [5.41, 5.74) is 3.00. The minimum Gasteiger partial charge on any atom is -0.497 e. The smallest absolute Gasteiger partial charge is 0.266 e. The molecule has 3 heterocycles. The first-order chi connectivity index (χ1) is 26.1. The number of nitrogens with zero attached hydrogens (tertiary/aromatic N) is 2. The summed E-state index contributed by atoms with van der Waals surface area (Å²) < 4.78 is 24.4. The van der Waals surface area contributed by atoms with Crippen LogP contribution in [0.2, 0.25) is 18.6 Å². The molecule has 0 unspecified atom stereocenters. The third-order valence-corrected chi connectivity index (χ3v) is 16.0. The first kappa shape index (κ1) is 35.6. The Balaban J connectivity index is 1.14. The Hall–Kier alpha value is -5.42. The highest BCUT2D eigenvalue weighted by Crippen LogP contribution is 2.60. The quantitative estimate of drug-likeness (QED) is 0.153. The van der Waals surface area contributed by atoms with Gasteiger partial charge in [0, 0.05) is 23.8 Å². The Labute approximate surface area is 316 Å². The summed E-state index contributed by atoms with van der Waals surface area (Å²) in [5.74, 6) is 2.00. The zero-order chi connectivity index (χ0) is 37.8. The summed E-state index contributed by atoms with van der Waals surface area (Å²) in [5, 5.41) is 11.5. The normalized spacial score (nSPS) is 21.7. The van der Waals surface area contributed by atoms with Gasteiger partial charge in [-0.1, -0.05) is 73.7 Å². The fraction of sp³-hybridized carbons (Fsp3) is 0.273. The van der Waals surface area contributed by atoms with Gasteiger partial charge in [-0.2, -0.15) is 0 Å². The zero-order valence-corrected chi connectivity index (χ0v) is 32.1. The Morgan fingerprint density at radius 3 is 2.17 bits per heavy atom. The van der Waals surface area contributed by atoms with Crippen LogP contribution in [0, 0.1) is 5.92 Å². The van der Waals surface area contributed by atoms with E-state index in [9.17, 15) is 9.90 Å². The van der Waals surface area contributed by atoms with Gasteiger partial charge in [-0.25, -0.2) is 0 Å². The molecule has 1 N–H and O–H groups in total. The summed E-state index contributed by atoms with van der Waals surface area (Å²) in [4.78, 5) is 32.6. The number of amides is 2. The van der Waals surface area contributed by atoms with E-state index < -0.39 is 13.7 Å². The van der Waals surface area contributed by atoms with E-state index in [1.54, 1.807) is 31.3 Å². The van der Waals surface area contributed by atoms with Gasteiger partial charge in [0.15, 0.2) is 11.4 Å². The van der Waals surface area contributed by atoms with Gasteiger partial charge in [-0.05, 0) is 84.3 Å². The van der Waals surface area contributed by atoms with Crippen LogP contribution in [0.1, 0.15) is 34.8 Å². The lowest BCUT2D eigenvalue weighted by molar-refractivity contribution is -0.146. The van der Waals surface area contributed by atoms with Crippen molar-refractivity contribution in [2.24, 2.45) is 5.92 Å². The molecular formula is C44H44N2O7Si. The van der Waals surface area contributed by atoms with E-state index in [-0.39, 0.29) is 36.0 Å². The minimum absolute atomic E-state index is 0.0171. The second-order valence-electron chi connectivity index (χ2n) is 14.8. The van der Waals surface area contributed by atoms with Crippen molar-refractivity contribution >= 4 is 42.1 Å². The summed E-state index contributed by atoms with van der Waals surface area (Å²) in [6.45, 7) is 7.03. The molecule has 5 aromatic rings. The Morgan fingerprint density at radius 2 is 1.46 bits per heavy atom. The number of carbonyl (C=O) groups excluding carboxylic acids is 2. The first-order valence-corrected chi connectivity index (χ1v) is 21.4. The minimum atomic E-state index is -2.32. The highest BCUT2D eigenvalue weighted by molar-refractivity contribution is 6.91. The molecule has 10 heteroatoms. The van der Waals surface area contributed by atoms with Crippen LogP contribution < -0.4 is 29.2 Å². The van der Waals surface area contributed by atoms with Crippen molar-refractivity contribution in [3.63, 3.8) is 0 Å². The molecule has 0 aromatic heterocycles. The summed E-state index contributed by atoms with van der Waals surface area (Å²) in [6.07, 6.45) is 0.0878. The van der Waals surface area contributed by atoms with E-state index in [4.69, 9.17) is 18.9 Å². The average Bonchev–Trinajstić information content (AvgIpc) is 3.56. The SMILES string of the molecule is COc1ccc([Si](C)(C)[C@@H]2[C@@H](CCO)O[C@]3(C(=O)N(Cc4ccc(N5C(=O)c6ccccc6Oc6ccccc65)cc4)c4ccc(OC)cc43)[C@H]2C)cc1. The Kier molecular flexibility index (Phi) is 9.08. The monoisotopic (exact) mass is 740 g/mol. The van der Waals surface area contributed by atoms with Gasteiger partial charge in [-0.3, -0.25) is 14.5 Å². The maximum atomic E-state index is 15.1. The van der Waals surface area contributed by atoms with Crippen LogP contribution in [0.3, 0.4) is 0 Å². The van der Waals surface area contributed by atoms with Gasteiger partial charge in [0.1, 0.15) is 17.2 Å². The largest absolute Gasteiger partial charge is 0.497 e. The lowest BCUT2D eigenvalue weighted by Crippen LogP contribution is -2.51. The van der Waals surface area contributed by atoms with Crippen LogP contribution in [-0.4, -0.2) is 51.9 Å². The summed E-state index contributed by atoms with van der Waals surface area (Å²) in [6, 6.07) is 36.5. The van der Waals surface area contributed by atoms with Crippen molar-refractivity contribution in [2.45, 2.75) is 50.2 Å². The molecule has 8 rings (SSSR count). The summed E-state index contributed by atoms with van der Waals surface area (Å²) >= 11 is 0.